The first-order valence-electron chi connectivity index (χ1n) is 8.04. The minimum absolute atomic E-state index is 0.146. The summed E-state index contributed by atoms with van der Waals surface area (Å²) >= 11 is 14.2. The summed E-state index contributed by atoms with van der Waals surface area (Å²) in [4.78, 5) is 24.1. The van der Waals surface area contributed by atoms with Gasteiger partial charge in [0.2, 0.25) is 16.9 Å². The van der Waals surface area contributed by atoms with Crippen molar-refractivity contribution in [1.82, 2.24) is 10.2 Å². The molecule has 2 N–H and O–H groups in total. The Hall–Kier alpha value is -2.13. The van der Waals surface area contributed by atoms with Crippen molar-refractivity contribution < 1.29 is 9.59 Å². The lowest BCUT2D eigenvalue weighted by Gasteiger charge is -2.05. The number of hydrogen-bond acceptors (Lipinski definition) is 6. The van der Waals surface area contributed by atoms with E-state index in [0.717, 1.165) is 5.56 Å². The third kappa shape index (κ3) is 6.20. The molecule has 144 valence electrons. The van der Waals surface area contributed by atoms with Crippen LogP contribution in [0.4, 0.5) is 10.8 Å². The van der Waals surface area contributed by atoms with Gasteiger partial charge in [-0.1, -0.05) is 76.6 Å². The van der Waals surface area contributed by atoms with Crippen LogP contribution < -0.4 is 10.6 Å². The average molecular weight is 453 g/mol. The van der Waals surface area contributed by atoms with E-state index in [-0.39, 0.29) is 24.0 Å². The van der Waals surface area contributed by atoms with Gasteiger partial charge < -0.3 is 10.6 Å². The van der Waals surface area contributed by atoms with Gasteiger partial charge in [0.05, 0.1) is 22.2 Å². The van der Waals surface area contributed by atoms with Crippen LogP contribution in [0.3, 0.4) is 0 Å². The van der Waals surface area contributed by atoms with E-state index < -0.39 is 0 Å². The molecule has 28 heavy (non-hydrogen) atoms. The van der Waals surface area contributed by atoms with Gasteiger partial charge in [-0.05, 0) is 23.8 Å². The summed E-state index contributed by atoms with van der Waals surface area (Å²) in [7, 11) is 0. The number of aromatic nitrogens is 2. The maximum atomic E-state index is 12.0. The molecule has 0 saturated carbocycles. The van der Waals surface area contributed by atoms with E-state index in [2.05, 4.69) is 20.8 Å². The number of carbonyl (C=O) groups is 2. The molecule has 0 fully saturated rings. The van der Waals surface area contributed by atoms with Crippen molar-refractivity contribution in [2.45, 2.75) is 10.8 Å². The number of anilines is 2. The van der Waals surface area contributed by atoms with Gasteiger partial charge in [-0.15, -0.1) is 10.2 Å². The number of thioether (sulfide) groups is 1. The van der Waals surface area contributed by atoms with Gasteiger partial charge in [0.25, 0.3) is 0 Å². The quantitative estimate of drug-likeness (QED) is 0.398. The molecule has 0 aliphatic carbocycles. The molecule has 10 heteroatoms. The zero-order valence-corrected chi connectivity index (χ0v) is 17.5. The van der Waals surface area contributed by atoms with Crippen LogP contribution in [0, 0.1) is 0 Å². The van der Waals surface area contributed by atoms with Gasteiger partial charge in [0.1, 0.15) is 0 Å². The molecule has 3 rings (SSSR count). The van der Waals surface area contributed by atoms with Crippen molar-refractivity contribution in [2.24, 2.45) is 0 Å². The highest BCUT2D eigenvalue weighted by Crippen LogP contribution is 2.27. The largest absolute Gasteiger partial charge is 0.325 e. The highest BCUT2D eigenvalue weighted by molar-refractivity contribution is 8.01. The molecule has 0 atom stereocenters. The monoisotopic (exact) mass is 452 g/mol. The number of halogens is 2. The molecule has 2 aromatic carbocycles. The van der Waals surface area contributed by atoms with E-state index >= 15 is 0 Å². The lowest BCUT2D eigenvalue weighted by Crippen LogP contribution is -2.14. The molecule has 1 heterocycles. The summed E-state index contributed by atoms with van der Waals surface area (Å²) < 4.78 is 0.583. The Kier molecular flexibility index (Phi) is 7.27. The lowest BCUT2D eigenvalue weighted by atomic mass is 10.1. The normalized spacial score (nSPS) is 10.5. The predicted molar refractivity (Wildman–Crippen MR) is 115 cm³/mol. The van der Waals surface area contributed by atoms with E-state index in [1.54, 1.807) is 18.2 Å². The third-order valence-electron chi connectivity index (χ3n) is 3.39. The van der Waals surface area contributed by atoms with Crippen molar-refractivity contribution in [3.63, 3.8) is 0 Å². The van der Waals surface area contributed by atoms with E-state index in [1.165, 1.54) is 23.1 Å². The predicted octanol–water partition coefficient (Wildman–Crippen LogP) is 4.76. The van der Waals surface area contributed by atoms with Crippen LogP contribution in [-0.2, 0) is 16.0 Å². The molecular formula is C18H14Cl2N4O2S2. The van der Waals surface area contributed by atoms with Crippen molar-refractivity contribution in [3.8, 4) is 0 Å². The van der Waals surface area contributed by atoms with Crippen molar-refractivity contribution in [2.75, 3.05) is 16.4 Å². The summed E-state index contributed by atoms with van der Waals surface area (Å²) in [5, 5.41) is 14.5. The molecule has 0 radical (unpaired) electrons. The Morgan fingerprint density at radius 1 is 0.964 bits per heavy atom. The van der Waals surface area contributed by atoms with Crippen LogP contribution in [0.15, 0.2) is 52.9 Å². The average Bonchev–Trinajstić information content (AvgIpc) is 3.11. The van der Waals surface area contributed by atoms with Crippen LogP contribution in [-0.4, -0.2) is 27.8 Å². The van der Waals surface area contributed by atoms with Gasteiger partial charge in [-0.2, -0.15) is 0 Å². The minimum Gasteiger partial charge on any atom is -0.325 e. The van der Waals surface area contributed by atoms with Crippen LogP contribution in [0.25, 0.3) is 0 Å². The molecule has 0 unspecified atom stereocenters. The number of carbonyl (C=O) groups excluding carboxylic acids is 2. The molecule has 1 aromatic heterocycles. The maximum Gasteiger partial charge on any atom is 0.234 e. The fourth-order valence-electron chi connectivity index (χ4n) is 2.16. The number of benzene rings is 2. The fraction of sp³-hybridized carbons (Fsp3) is 0.111. The number of hydrogen-bond donors (Lipinski definition) is 2. The summed E-state index contributed by atoms with van der Waals surface area (Å²) in [5.41, 5.74) is 1.48. The summed E-state index contributed by atoms with van der Waals surface area (Å²) in [6.07, 6.45) is 0.259. The first kappa shape index (κ1) is 20.6. The highest BCUT2D eigenvalue weighted by Gasteiger charge is 2.11. The summed E-state index contributed by atoms with van der Waals surface area (Å²) in [5.74, 6) is -0.239. The van der Waals surface area contributed by atoms with E-state index in [0.29, 0.717) is 25.2 Å². The highest BCUT2D eigenvalue weighted by atomic mass is 35.5. The second kappa shape index (κ2) is 9.88. The number of nitrogens with zero attached hydrogens (tertiary/aromatic N) is 2. The van der Waals surface area contributed by atoms with Crippen molar-refractivity contribution >= 4 is 68.9 Å². The van der Waals surface area contributed by atoms with Crippen LogP contribution >= 0.6 is 46.3 Å². The number of rotatable bonds is 7. The second-order valence-corrected chi connectivity index (χ2v) is 8.56. The summed E-state index contributed by atoms with van der Waals surface area (Å²) in [6, 6.07) is 14.3. The number of amides is 2. The summed E-state index contributed by atoms with van der Waals surface area (Å²) in [6.45, 7) is 0. The van der Waals surface area contributed by atoms with E-state index in [9.17, 15) is 9.59 Å². The SMILES string of the molecule is O=C(CSc1nnc(NC(=O)Cc2ccccc2)s1)Nc1ccc(Cl)c(Cl)c1. The van der Waals surface area contributed by atoms with Gasteiger partial charge >= 0.3 is 0 Å². The van der Waals surface area contributed by atoms with Gasteiger partial charge in [-0.3, -0.25) is 9.59 Å². The molecule has 0 saturated heterocycles. The molecule has 6 nitrogen and oxygen atoms in total. The number of nitrogens with one attached hydrogen (secondary N) is 2. The Morgan fingerprint density at radius 3 is 2.50 bits per heavy atom. The smallest absolute Gasteiger partial charge is 0.234 e. The minimum atomic E-state index is -0.215. The van der Waals surface area contributed by atoms with Gasteiger partial charge in [0, 0.05) is 5.69 Å². The van der Waals surface area contributed by atoms with E-state index in [1.807, 2.05) is 30.3 Å². The van der Waals surface area contributed by atoms with Crippen molar-refractivity contribution in [1.29, 1.82) is 0 Å². The standard InChI is InChI=1S/C18H14Cl2N4O2S2/c19-13-7-6-12(9-14(13)20)21-16(26)10-27-18-24-23-17(28-18)22-15(25)8-11-4-2-1-3-5-11/h1-7,9H,8,10H2,(H,21,26)(H,22,23,25). The maximum absolute atomic E-state index is 12.0. The molecule has 0 spiro atoms. The molecule has 2 amide bonds. The lowest BCUT2D eigenvalue weighted by molar-refractivity contribution is -0.115. The van der Waals surface area contributed by atoms with E-state index in [4.69, 9.17) is 23.2 Å². The Bertz CT molecular complexity index is 983. The molecule has 0 aliphatic heterocycles. The first-order chi connectivity index (χ1) is 13.5. The topological polar surface area (TPSA) is 84.0 Å². The third-order valence-corrected chi connectivity index (χ3v) is 6.10. The van der Waals surface area contributed by atoms with Crippen LogP contribution in [0.1, 0.15) is 5.56 Å². The van der Waals surface area contributed by atoms with Crippen molar-refractivity contribution in [3.05, 3.63) is 64.1 Å². The Balaban J connectivity index is 1.46. The Morgan fingerprint density at radius 2 is 1.75 bits per heavy atom. The van der Waals surface area contributed by atoms with Crippen LogP contribution in [0.5, 0.6) is 0 Å². The van der Waals surface area contributed by atoms with Gasteiger partial charge in [-0.25, -0.2) is 0 Å². The molecule has 3 aromatic rings. The molecular weight excluding hydrogens is 439 g/mol. The fourth-order valence-corrected chi connectivity index (χ4v) is 4.03. The second-order valence-electron chi connectivity index (χ2n) is 5.55. The Labute approximate surface area is 179 Å². The van der Waals surface area contributed by atoms with Crippen LogP contribution in [0.2, 0.25) is 10.0 Å². The van der Waals surface area contributed by atoms with Gasteiger partial charge in [0.15, 0.2) is 4.34 Å². The zero-order chi connectivity index (χ0) is 19.9. The molecule has 0 aliphatic rings. The first-order valence-corrected chi connectivity index (χ1v) is 10.6. The molecule has 0 bridgehead atoms. The zero-order valence-electron chi connectivity index (χ0n) is 14.3.